The van der Waals surface area contributed by atoms with Gasteiger partial charge in [-0.1, -0.05) is 32.4 Å². The molecule has 1 heteroatoms. The lowest BCUT2D eigenvalue weighted by Crippen LogP contribution is -2.23. The second-order valence-electron chi connectivity index (χ2n) is 3.77. The van der Waals surface area contributed by atoms with Gasteiger partial charge in [0.25, 0.3) is 0 Å². The molecule has 11 heavy (non-hydrogen) atoms. The number of nitrogens with one attached hydrogen (secondary N) is 1. The topological polar surface area (TPSA) is 12.0 Å². The minimum Gasteiger partial charge on any atom is -0.313 e. The quantitative estimate of drug-likeness (QED) is 0.600. The zero-order valence-corrected chi connectivity index (χ0v) is 7.85. The summed E-state index contributed by atoms with van der Waals surface area (Å²) in [5.74, 6) is 1.57. The van der Waals surface area contributed by atoms with Crippen molar-refractivity contribution in [3.8, 4) is 0 Å². The van der Waals surface area contributed by atoms with Crippen molar-refractivity contribution >= 4 is 0 Å². The van der Waals surface area contributed by atoms with Gasteiger partial charge in [0.15, 0.2) is 0 Å². The molecule has 0 saturated carbocycles. The highest BCUT2D eigenvalue weighted by Crippen LogP contribution is 2.22. The van der Waals surface area contributed by atoms with Crippen LogP contribution in [0.3, 0.4) is 0 Å². The SMILES string of the molecule is CC(C)C(C)C1=CCNCC1. The van der Waals surface area contributed by atoms with E-state index in [9.17, 15) is 0 Å². The van der Waals surface area contributed by atoms with E-state index in [1.807, 2.05) is 0 Å². The molecule has 1 heterocycles. The molecule has 64 valence electrons. The van der Waals surface area contributed by atoms with Crippen LogP contribution in [0.15, 0.2) is 11.6 Å². The predicted molar refractivity (Wildman–Crippen MR) is 49.6 cm³/mol. The molecule has 1 N–H and O–H groups in total. The van der Waals surface area contributed by atoms with Gasteiger partial charge in [0.2, 0.25) is 0 Å². The summed E-state index contributed by atoms with van der Waals surface area (Å²) in [6.45, 7) is 9.18. The van der Waals surface area contributed by atoms with Gasteiger partial charge >= 0.3 is 0 Å². The third kappa shape index (κ3) is 2.33. The van der Waals surface area contributed by atoms with Crippen LogP contribution < -0.4 is 5.32 Å². The minimum atomic E-state index is 0.775. The van der Waals surface area contributed by atoms with Gasteiger partial charge in [-0.15, -0.1) is 0 Å². The highest BCUT2D eigenvalue weighted by atomic mass is 14.8. The van der Waals surface area contributed by atoms with E-state index in [-0.39, 0.29) is 0 Å². The van der Waals surface area contributed by atoms with Gasteiger partial charge in [-0.25, -0.2) is 0 Å². The van der Waals surface area contributed by atoms with E-state index in [4.69, 9.17) is 0 Å². The summed E-state index contributed by atoms with van der Waals surface area (Å²) < 4.78 is 0. The number of hydrogen-bond acceptors (Lipinski definition) is 1. The zero-order valence-electron chi connectivity index (χ0n) is 7.85. The van der Waals surface area contributed by atoms with Gasteiger partial charge in [-0.2, -0.15) is 0 Å². The van der Waals surface area contributed by atoms with Crippen LogP contribution in [0.4, 0.5) is 0 Å². The average molecular weight is 153 g/mol. The van der Waals surface area contributed by atoms with Crippen molar-refractivity contribution in [3.63, 3.8) is 0 Å². The predicted octanol–water partition coefficient (Wildman–Crippen LogP) is 2.20. The normalized spacial score (nSPS) is 21.6. The third-order valence-corrected chi connectivity index (χ3v) is 2.68. The average Bonchev–Trinajstić information content (AvgIpc) is 2.05. The molecule has 1 nitrogen and oxygen atoms in total. The Hall–Kier alpha value is -0.300. The highest BCUT2D eigenvalue weighted by Gasteiger charge is 2.13. The van der Waals surface area contributed by atoms with Crippen molar-refractivity contribution in [1.29, 1.82) is 0 Å². The maximum Gasteiger partial charge on any atom is 0.0137 e. The Balaban J connectivity index is 2.51. The van der Waals surface area contributed by atoms with Crippen LogP contribution in [-0.4, -0.2) is 13.1 Å². The molecule has 1 atom stereocenters. The lowest BCUT2D eigenvalue weighted by molar-refractivity contribution is 0.455. The number of hydrogen-bond donors (Lipinski definition) is 1. The molecule has 0 amide bonds. The lowest BCUT2D eigenvalue weighted by Gasteiger charge is -2.23. The van der Waals surface area contributed by atoms with E-state index in [0.29, 0.717) is 0 Å². The Kier molecular flexibility index (Phi) is 3.13. The summed E-state index contributed by atoms with van der Waals surface area (Å²) in [7, 11) is 0. The van der Waals surface area contributed by atoms with Crippen molar-refractivity contribution in [2.45, 2.75) is 27.2 Å². The first kappa shape index (κ1) is 8.79. The fraction of sp³-hybridized carbons (Fsp3) is 0.800. The Morgan fingerprint density at radius 1 is 1.36 bits per heavy atom. The maximum absolute atomic E-state index is 3.33. The molecule has 0 spiro atoms. The molecule has 0 fully saturated rings. The largest absolute Gasteiger partial charge is 0.313 e. The van der Waals surface area contributed by atoms with Gasteiger partial charge in [0, 0.05) is 6.54 Å². The van der Waals surface area contributed by atoms with Gasteiger partial charge in [-0.3, -0.25) is 0 Å². The molecule has 0 aromatic carbocycles. The Bertz CT molecular complexity index is 147. The molecule has 0 radical (unpaired) electrons. The van der Waals surface area contributed by atoms with Crippen LogP contribution >= 0.6 is 0 Å². The fourth-order valence-electron chi connectivity index (χ4n) is 1.48. The molecule has 1 aliphatic heterocycles. The van der Waals surface area contributed by atoms with Crippen molar-refractivity contribution in [2.75, 3.05) is 13.1 Å². The van der Waals surface area contributed by atoms with Crippen LogP contribution in [0.5, 0.6) is 0 Å². The third-order valence-electron chi connectivity index (χ3n) is 2.68. The summed E-state index contributed by atoms with van der Waals surface area (Å²) in [4.78, 5) is 0. The summed E-state index contributed by atoms with van der Waals surface area (Å²) in [5.41, 5.74) is 1.65. The standard InChI is InChI=1S/C10H19N/c1-8(2)9(3)10-4-6-11-7-5-10/h4,8-9,11H,5-7H2,1-3H3. The first-order chi connectivity index (χ1) is 5.22. The molecular weight excluding hydrogens is 134 g/mol. The molecule has 0 bridgehead atoms. The van der Waals surface area contributed by atoms with Gasteiger partial charge in [-0.05, 0) is 24.8 Å². The van der Waals surface area contributed by atoms with Crippen LogP contribution in [0, 0.1) is 11.8 Å². The molecule has 1 aliphatic rings. The van der Waals surface area contributed by atoms with E-state index in [1.165, 1.54) is 13.0 Å². The number of rotatable bonds is 2. The van der Waals surface area contributed by atoms with Gasteiger partial charge < -0.3 is 5.32 Å². The van der Waals surface area contributed by atoms with E-state index in [1.54, 1.807) is 5.57 Å². The van der Waals surface area contributed by atoms with E-state index in [2.05, 4.69) is 32.2 Å². The molecular formula is C10H19N. The molecule has 1 unspecified atom stereocenters. The molecule has 0 saturated heterocycles. The minimum absolute atomic E-state index is 0.775. The fourth-order valence-corrected chi connectivity index (χ4v) is 1.48. The Morgan fingerprint density at radius 3 is 2.55 bits per heavy atom. The van der Waals surface area contributed by atoms with Gasteiger partial charge in [0.1, 0.15) is 0 Å². The van der Waals surface area contributed by atoms with Crippen molar-refractivity contribution < 1.29 is 0 Å². The van der Waals surface area contributed by atoms with E-state index in [0.717, 1.165) is 18.4 Å². The first-order valence-electron chi connectivity index (χ1n) is 4.61. The Morgan fingerprint density at radius 2 is 2.09 bits per heavy atom. The maximum atomic E-state index is 3.33. The van der Waals surface area contributed by atoms with E-state index >= 15 is 0 Å². The van der Waals surface area contributed by atoms with Crippen LogP contribution in [-0.2, 0) is 0 Å². The zero-order chi connectivity index (χ0) is 8.27. The first-order valence-corrected chi connectivity index (χ1v) is 4.61. The van der Waals surface area contributed by atoms with Crippen molar-refractivity contribution in [2.24, 2.45) is 11.8 Å². The molecule has 1 rings (SSSR count). The van der Waals surface area contributed by atoms with Crippen molar-refractivity contribution in [3.05, 3.63) is 11.6 Å². The lowest BCUT2D eigenvalue weighted by atomic mass is 9.87. The summed E-state index contributed by atoms with van der Waals surface area (Å²) in [6.07, 6.45) is 3.60. The summed E-state index contributed by atoms with van der Waals surface area (Å²) >= 11 is 0. The monoisotopic (exact) mass is 153 g/mol. The van der Waals surface area contributed by atoms with Crippen LogP contribution in [0.25, 0.3) is 0 Å². The second-order valence-corrected chi connectivity index (χ2v) is 3.77. The highest BCUT2D eigenvalue weighted by molar-refractivity contribution is 5.10. The smallest absolute Gasteiger partial charge is 0.0137 e. The van der Waals surface area contributed by atoms with Crippen molar-refractivity contribution in [1.82, 2.24) is 5.32 Å². The second kappa shape index (κ2) is 3.91. The summed E-state index contributed by atoms with van der Waals surface area (Å²) in [5, 5.41) is 3.33. The van der Waals surface area contributed by atoms with E-state index < -0.39 is 0 Å². The molecule has 0 aromatic rings. The van der Waals surface area contributed by atoms with Crippen LogP contribution in [0.2, 0.25) is 0 Å². The summed E-state index contributed by atoms with van der Waals surface area (Å²) in [6, 6.07) is 0. The van der Waals surface area contributed by atoms with Gasteiger partial charge in [0.05, 0.1) is 0 Å². The van der Waals surface area contributed by atoms with Crippen LogP contribution in [0.1, 0.15) is 27.2 Å². The Labute approximate surface area is 69.9 Å². The molecule has 0 aromatic heterocycles. The molecule has 0 aliphatic carbocycles.